The molecule has 0 aliphatic rings. The predicted octanol–water partition coefficient (Wildman–Crippen LogP) is 3.57. The average Bonchev–Trinajstić information content (AvgIpc) is 3.04. The van der Waals surface area contributed by atoms with E-state index in [1.54, 1.807) is 13.2 Å². The second-order valence-corrected chi connectivity index (χ2v) is 6.77. The molecule has 6 nitrogen and oxygen atoms in total. The number of hydrogen-bond donors (Lipinski definition) is 2. The van der Waals surface area contributed by atoms with Crippen LogP contribution in [-0.2, 0) is 17.8 Å². The minimum Gasteiger partial charge on any atom is -0.496 e. The molecule has 1 amide bonds. The van der Waals surface area contributed by atoms with E-state index in [-0.39, 0.29) is 18.1 Å². The highest BCUT2D eigenvalue weighted by molar-refractivity contribution is 5.91. The summed E-state index contributed by atoms with van der Waals surface area (Å²) in [5.41, 5.74) is 3.89. The first-order valence-corrected chi connectivity index (χ1v) is 9.32. The lowest BCUT2D eigenvalue weighted by atomic mass is 10.0. The zero-order valence-corrected chi connectivity index (χ0v) is 16.0. The van der Waals surface area contributed by atoms with Crippen LogP contribution in [0.3, 0.4) is 0 Å². The number of rotatable bonds is 6. The topological polar surface area (TPSA) is 76.1 Å². The van der Waals surface area contributed by atoms with Crippen molar-refractivity contribution in [3.8, 4) is 5.75 Å². The summed E-state index contributed by atoms with van der Waals surface area (Å²) in [6.07, 6.45) is 0.690. The third-order valence-electron chi connectivity index (χ3n) is 4.78. The number of para-hydroxylation sites is 2. The molecule has 0 atom stereocenters. The van der Waals surface area contributed by atoms with Crippen LogP contribution in [0.2, 0.25) is 0 Å². The van der Waals surface area contributed by atoms with Crippen LogP contribution in [0.1, 0.15) is 11.1 Å². The normalized spacial score (nSPS) is 10.8. The predicted molar refractivity (Wildman–Crippen MR) is 113 cm³/mol. The highest BCUT2D eigenvalue weighted by atomic mass is 16.5. The zero-order valence-electron chi connectivity index (χ0n) is 16.0. The van der Waals surface area contributed by atoms with Gasteiger partial charge in [0, 0.05) is 17.7 Å². The number of carbonyl (C=O) groups is 1. The first-order chi connectivity index (χ1) is 14.1. The summed E-state index contributed by atoms with van der Waals surface area (Å²) in [5, 5.41) is 2.88. The van der Waals surface area contributed by atoms with Gasteiger partial charge in [-0.3, -0.25) is 9.36 Å². The third-order valence-corrected chi connectivity index (χ3v) is 4.78. The SMILES string of the molecule is COc1ccc(NC(=O)Cn2c(=O)[nH]c3ccccc32)cc1Cc1ccccc1. The van der Waals surface area contributed by atoms with Gasteiger partial charge < -0.3 is 15.0 Å². The fraction of sp³-hybridized carbons (Fsp3) is 0.130. The first kappa shape index (κ1) is 18.6. The number of nitrogens with one attached hydrogen (secondary N) is 2. The number of benzene rings is 3. The molecule has 0 saturated carbocycles. The van der Waals surface area contributed by atoms with Gasteiger partial charge in [-0.2, -0.15) is 0 Å². The number of methoxy groups -OCH3 is 1. The summed E-state index contributed by atoms with van der Waals surface area (Å²) >= 11 is 0. The number of aromatic amines is 1. The van der Waals surface area contributed by atoms with E-state index < -0.39 is 0 Å². The smallest absolute Gasteiger partial charge is 0.326 e. The van der Waals surface area contributed by atoms with Crippen LogP contribution in [0, 0.1) is 0 Å². The Morgan fingerprint density at radius 2 is 1.79 bits per heavy atom. The van der Waals surface area contributed by atoms with E-state index in [9.17, 15) is 9.59 Å². The van der Waals surface area contributed by atoms with Crippen LogP contribution in [0.5, 0.6) is 5.75 Å². The van der Waals surface area contributed by atoms with E-state index in [2.05, 4.69) is 10.3 Å². The molecule has 0 fully saturated rings. The van der Waals surface area contributed by atoms with Crippen LogP contribution >= 0.6 is 0 Å². The fourth-order valence-corrected chi connectivity index (χ4v) is 3.42. The van der Waals surface area contributed by atoms with Crippen LogP contribution in [0.4, 0.5) is 5.69 Å². The molecule has 0 aliphatic heterocycles. The van der Waals surface area contributed by atoms with Gasteiger partial charge in [-0.25, -0.2) is 4.79 Å². The van der Waals surface area contributed by atoms with Crippen molar-refractivity contribution in [3.63, 3.8) is 0 Å². The molecule has 0 bridgehead atoms. The van der Waals surface area contributed by atoms with Gasteiger partial charge in [0.25, 0.3) is 0 Å². The largest absolute Gasteiger partial charge is 0.496 e. The molecule has 146 valence electrons. The van der Waals surface area contributed by atoms with Gasteiger partial charge in [0.15, 0.2) is 0 Å². The summed E-state index contributed by atoms with van der Waals surface area (Å²) in [6, 6.07) is 22.9. The molecule has 4 rings (SSSR count). The maximum atomic E-state index is 12.6. The Balaban J connectivity index is 1.54. The van der Waals surface area contributed by atoms with E-state index in [4.69, 9.17) is 4.74 Å². The highest BCUT2D eigenvalue weighted by Gasteiger charge is 2.12. The zero-order chi connectivity index (χ0) is 20.2. The molecule has 1 heterocycles. The van der Waals surface area contributed by atoms with Crippen molar-refractivity contribution in [3.05, 3.63) is 94.4 Å². The van der Waals surface area contributed by atoms with Gasteiger partial charge in [-0.15, -0.1) is 0 Å². The van der Waals surface area contributed by atoms with Gasteiger partial charge >= 0.3 is 5.69 Å². The standard InChI is InChI=1S/C23H21N3O3/c1-29-21-12-11-18(14-17(21)13-16-7-3-2-4-8-16)24-22(27)15-26-20-10-6-5-9-19(20)25-23(26)28/h2-12,14H,13,15H2,1H3,(H,24,27)(H,25,28). The van der Waals surface area contributed by atoms with Crippen molar-refractivity contribution in [1.29, 1.82) is 0 Å². The Bertz CT molecular complexity index is 1210. The number of carbonyl (C=O) groups excluding carboxylic acids is 1. The molecule has 3 aromatic carbocycles. The summed E-state index contributed by atoms with van der Waals surface area (Å²) in [7, 11) is 1.63. The van der Waals surface area contributed by atoms with E-state index >= 15 is 0 Å². The molecule has 29 heavy (non-hydrogen) atoms. The van der Waals surface area contributed by atoms with E-state index in [0.29, 0.717) is 23.1 Å². The van der Waals surface area contributed by atoms with Gasteiger partial charge in [-0.05, 0) is 35.9 Å². The van der Waals surface area contributed by atoms with Crippen LogP contribution in [-0.4, -0.2) is 22.6 Å². The Hall–Kier alpha value is -3.80. The second kappa shape index (κ2) is 8.06. The molecule has 0 unspecified atom stereocenters. The highest BCUT2D eigenvalue weighted by Crippen LogP contribution is 2.25. The lowest BCUT2D eigenvalue weighted by molar-refractivity contribution is -0.116. The number of H-pyrrole nitrogens is 1. The quantitative estimate of drug-likeness (QED) is 0.531. The average molecular weight is 387 g/mol. The monoisotopic (exact) mass is 387 g/mol. The maximum absolute atomic E-state index is 12.6. The number of amides is 1. The van der Waals surface area contributed by atoms with Gasteiger partial charge in [0.05, 0.1) is 18.1 Å². The van der Waals surface area contributed by atoms with Crippen LogP contribution < -0.4 is 15.7 Å². The summed E-state index contributed by atoms with van der Waals surface area (Å²) < 4.78 is 6.89. The lowest BCUT2D eigenvalue weighted by Crippen LogP contribution is -2.25. The summed E-state index contributed by atoms with van der Waals surface area (Å²) in [6.45, 7) is -0.0666. The maximum Gasteiger partial charge on any atom is 0.326 e. The molecule has 6 heteroatoms. The number of hydrogen-bond acceptors (Lipinski definition) is 3. The molecule has 4 aromatic rings. The molecule has 0 saturated heterocycles. The molecular formula is C23H21N3O3. The van der Waals surface area contributed by atoms with E-state index in [0.717, 1.165) is 16.9 Å². The number of anilines is 1. The number of imidazole rings is 1. The van der Waals surface area contributed by atoms with Crippen molar-refractivity contribution in [1.82, 2.24) is 9.55 Å². The Kier molecular flexibility index (Phi) is 5.16. The minimum atomic E-state index is -0.305. The minimum absolute atomic E-state index is 0.0666. The van der Waals surface area contributed by atoms with E-state index in [1.807, 2.05) is 66.7 Å². The molecule has 0 radical (unpaired) electrons. The van der Waals surface area contributed by atoms with Crippen LogP contribution in [0.25, 0.3) is 11.0 Å². The second-order valence-electron chi connectivity index (χ2n) is 6.77. The first-order valence-electron chi connectivity index (χ1n) is 9.32. The van der Waals surface area contributed by atoms with Crippen molar-refractivity contribution in [2.45, 2.75) is 13.0 Å². The number of aromatic nitrogens is 2. The van der Waals surface area contributed by atoms with Crippen molar-refractivity contribution in [2.24, 2.45) is 0 Å². The Labute approximate surface area is 167 Å². The molecule has 2 N–H and O–H groups in total. The van der Waals surface area contributed by atoms with Crippen molar-refractivity contribution < 1.29 is 9.53 Å². The Morgan fingerprint density at radius 1 is 1.03 bits per heavy atom. The van der Waals surface area contributed by atoms with Gasteiger partial charge in [0.1, 0.15) is 12.3 Å². The van der Waals surface area contributed by atoms with E-state index in [1.165, 1.54) is 4.57 Å². The summed E-state index contributed by atoms with van der Waals surface area (Å²) in [5.74, 6) is 0.493. The third kappa shape index (κ3) is 4.06. The number of fused-ring (bicyclic) bond motifs is 1. The molecule has 1 aromatic heterocycles. The molecule has 0 aliphatic carbocycles. The Morgan fingerprint density at radius 3 is 2.59 bits per heavy atom. The van der Waals surface area contributed by atoms with Crippen molar-refractivity contribution in [2.75, 3.05) is 12.4 Å². The van der Waals surface area contributed by atoms with Gasteiger partial charge in [0.2, 0.25) is 5.91 Å². The fourth-order valence-electron chi connectivity index (χ4n) is 3.42. The van der Waals surface area contributed by atoms with Crippen LogP contribution in [0.15, 0.2) is 77.6 Å². The van der Waals surface area contributed by atoms with Crippen molar-refractivity contribution >= 4 is 22.6 Å². The molecular weight excluding hydrogens is 366 g/mol. The summed E-state index contributed by atoms with van der Waals surface area (Å²) in [4.78, 5) is 27.5. The van der Waals surface area contributed by atoms with Gasteiger partial charge in [-0.1, -0.05) is 42.5 Å². The number of ether oxygens (including phenoxy) is 1. The molecule has 0 spiro atoms. The lowest BCUT2D eigenvalue weighted by Gasteiger charge is -2.12. The number of nitrogens with zero attached hydrogens (tertiary/aromatic N) is 1.